The fourth-order valence-electron chi connectivity index (χ4n) is 3.54. The number of fused-ring (bicyclic) bond motifs is 1. The summed E-state index contributed by atoms with van der Waals surface area (Å²) in [7, 11) is -2.34. The third-order valence-electron chi connectivity index (χ3n) is 5.34. The molecule has 0 bridgehead atoms. The molecule has 0 aliphatic rings. The van der Waals surface area contributed by atoms with Gasteiger partial charge in [-0.3, -0.25) is 4.79 Å². The molecule has 0 saturated carbocycles. The predicted molar refractivity (Wildman–Crippen MR) is 126 cm³/mol. The molecule has 0 spiro atoms. The van der Waals surface area contributed by atoms with E-state index in [4.69, 9.17) is 0 Å². The quantitative estimate of drug-likeness (QED) is 0.363. The third-order valence-corrected chi connectivity index (χ3v) is 6.77. The number of halogens is 2. The molecule has 10 nitrogen and oxygen atoms in total. The van der Waals surface area contributed by atoms with Gasteiger partial charge < -0.3 is 5.32 Å². The molecule has 0 aliphatic carbocycles. The first kappa shape index (κ1) is 23.3. The summed E-state index contributed by atoms with van der Waals surface area (Å²) >= 11 is 0. The Hall–Kier alpha value is -4.49. The van der Waals surface area contributed by atoms with Crippen LogP contribution >= 0.6 is 0 Å². The van der Waals surface area contributed by atoms with Gasteiger partial charge in [0.1, 0.15) is 22.9 Å². The molecule has 13 heteroatoms. The normalized spacial score (nSPS) is 11.6. The molecule has 36 heavy (non-hydrogen) atoms. The molecule has 5 rings (SSSR count). The molecule has 0 atom stereocenters. The molecule has 3 heterocycles. The summed E-state index contributed by atoms with van der Waals surface area (Å²) in [4.78, 5) is 17.3. The van der Waals surface area contributed by atoms with Crippen molar-refractivity contribution in [2.45, 2.75) is 4.90 Å². The summed E-state index contributed by atoms with van der Waals surface area (Å²) < 4.78 is 57.0. The number of hydrogen-bond donors (Lipinski definition) is 2. The monoisotopic (exact) mass is 509 g/mol. The lowest BCUT2D eigenvalue weighted by Gasteiger charge is -2.09. The Balaban J connectivity index is 1.57. The van der Waals surface area contributed by atoms with Gasteiger partial charge in [0.05, 0.1) is 16.8 Å². The summed E-state index contributed by atoms with van der Waals surface area (Å²) in [5, 5.41) is 11.2. The van der Waals surface area contributed by atoms with Crippen molar-refractivity contribution < 1.29 is 22.0 Å². The number of rotatable bonds is 6. The molecule has 5 aromatic rings. The molecule has 2 N–H and O–H groups in total. The van der Waals surface area contributed by atoms with Crippen LogP contribution in [0.15, 0.2) is 78.1 Å². The maximum Gasteiger partial charge on any atom is 0.262 e. The van der Waals surface area contributed by atoms with Crippen LogP contribution in [0.1, 0.15) is 10.4 Å². The van der Waals surface area contributed by atoms with Crippen LogP contribution in [0, 0.1) is 11.6 Å². The molecule has 0 unspecified atom stereocenters. The van der Waals surface area contributed by atoms with Gasteiger partial charge in [0.15, 0.2) is 11.5 Å². The second-order valence-electron chi connectivity index (χ2n) is 7.55. The van der Waals surface area contributed by atoms with Gasteiger partial charge in [-0.15, -0.1) is 0 Å². The van der Waals surface area contributed by atoms with Crippen molar-refractivity contribution in [1.82, 2.24) is 29.1 Å². The number of sulfonamides is 1. The van der Waals surface area contributed by atoms with Crippen LogP contribution in [0.2, 0.25) is 0 Å². The van der Waals surface area contributed by atoms with Crippen molar-refractivity contribution in [3.05, 3.63) is 90.4 Å². The van der Waals surface area contributed by atoms with Crippen LogP contribution < -0.4 is 10.0 Å². The van der Waals surface area contributed by atoms with Crippen molar-refractivity contribution >= 4 is 27.4 Å². The van der Waals surface area contributed by atoms with E-state index in [-0.39, 0.29) is 22.0 Å². The van der Waals surface area contributed by atoms with Gasteiger partial charge in [-0.2, -0.15) is 10.2 Å². The third kappa shape index (κ3) is 4.21. The van der Waals surface area contributed by atoms with E-state index < -0.39 is 27.6 Å². The lowest BCUT2D eigenvalue weighted by atomic mass is 10.1. The first-order valence-corrected chi connectivity index (χ1v) is 11.9. The Bertz CT molecular complexity index is 1710. The van der Waals surface area contributed by atoms with E-state index in [9.17, 15) is 22.0 Å². The number of aromatic nitrogens is 5. The second kappa shape index (κ2) is 8.94. The van der Waals surface area contributed by atoms with Crippen LogP contribution in [0.5, 0.6) is 0 Å². The number of carbonyl (C=O) groups excluding carboxylic acids is 1. The van der Waals surface area contributed by atoms with Gasteiger partial charge in [0.2, 0.25) is 10.0 Å². The molecule has 3 aromatic heterocycles. The minimum absolute atomic E-state index is 0.0480. The largest absolute Gasteiger partial charge is 0.306 e. The zero-order valence-corrected chi connectivity index (χ0v) is 19.4. The molecule has 0 fully saturated rings. The van der Waals surface area contributed by atoms with Crippen molar-refractivity contribution in [1.29, 1.82) is 0 Å². The van der Waals surface area contributed by atoms with Gasteiger partial charge in [-0.25, -0.2) is 36.1 Å². The van der Waals surface area contributed by atoms with Crippen LogP contribution in [0.3, 0.4) is 0 Å². The molecule has 1 amide bonds. The van der Waals surface area contributed by atoms with Crippen LogP contribution in [-0.2, 0) is 10.0 Å². The SMILES string of the molecule is CNS(=O)(=O)c1ccc(-c2cc(NC(=O)c3cnn4cccnc34)n(-c3ccc(F)cc3F)n2)cc1. The van der Waals surface area contributed by atoms with Crippen LogP contribution in [0.4, 0.5) is 14.6 Å². The van der Waals surface area contributed by atoms with E-state index in [1.807, 2.05) is 0 Å². The molecule has 0 aliphatic heterocycles. The number of hydrogen-bond acceptors (Lipinski definition) is 6. The van der Waals surface area contributed by atoms with Gasteiger partial charge in [-0.05, 0) is 37.4 Å². The minimum atomic E-state index is -3.64. The maximum absolute atomic E-state index is 14.7. The van der Waals surface area contributed by atoms with E-state index in [0.717, 1.165) is 10.7 Å². The van der Waals surface area contributed by atoms with E-state index in [0.29, 0.717) is 23.0 Å². The lowest BCUT2D eigenvalue weighted by molar-refractivity contribution is 0.102. The van der Waals surface area contributed by atoms with Gasteiger partial charge in [0, 0.05) is 30.1 Å². The zero-order valence-electron chi connectivity index (χ0n) is 18.6. The van der Waals surface area contributed by atoms with E-state index in [2.05, 4.69) is 25.2 Å². The van der Waals surface area contributed by atoms with Crippen LogP contribution in [-0.4, -0.2) is 45.8 Å². The fourth-order valence-corrected chi connectivity index (χ4v) is 4.27. The Morgan fingerprint density at radius 3 is 2.56 bits per heavy atom. The summed E-state index contributed by atoms with van der Waals surface area (Å²) in [6.07, 6.45) is 4.49. The van der Waals surface area contributed by atoms with Crippen molar-refractivity contribution in [2.75, 3.05) is 12.4 Å². The molecule has 0 radical (unpaired) electrons. The molecular weight excluding hydrogens is 492 g/mol. The Kier molecular flexibility index (Phi) is 5.78. The Morgan fingerprint density at radius 1 is 1.06 bits per heavy atom. The fraction of sp³-hybridized carbons (Fsp3) is 0.0435. The highest BCUT2D eigenvalue weighted by Crippen LogP contribution is 2.28. The van der Waals surface area contributed by atoms with E-state index >= 15 is 0 Å². The molecule has 0 saturated heterocycles. The first-order valence-electron chi connectivity index (χ1n) is 10.5. The average molecular weight is 509 g/mol. The highest BCUT2D eigenvalue weighted by molar-refractivity contribution is 7.89. The topological polar surface area (TPSA) is 123 Å². The minimum Gasteiger partial charge on any atom is -0.306 e. The van der Waals surface area contributed by atoms with Crippen molar-refractivity contribution in [2.24, 2.45) is 0 Å². The molecule has 2 aromatic carbocycles. The zero-order chi connectivity index (χ0) is 25.4. The standard InChI is InChI=1S/C23H17F2N7O3S/c1-26-36(34,35)16-6-3-14(4-7-16)19-12-21(32(30-19)20-8-5-15(24)11-18(20)25)29-23(33)17-13-28-31-10-2-9-27-22(17)31/h2-13,26H,1H3,(H,29,33). The Labute approximate surface area is 203 Å². The Morgan fingerprint density at radius 2 is 1.83 bits per heavy atom. The number of amides is 1. The molecular formula is C23H17F2N7O3S. The number of benzene rings is 2. The average Bonchev–Trinajstić information content (AvgIpc) is 3.49. The molecule has 182 valence electrons. The highest BCUT2D eigenvalue weighted by atomic mass is 32.2. The predicted octanol–water partition coefficient (Wildman–Crippen LogP) is 3.02. The van der Waals surface area contributed by atoms with E-state index in [1.54, 1.807) is 12.3 Å². The van der Waals surface area contributed by atoms with Crippen LogP contribution in [0.25, 0.3) is 22.6 Å². The maximum atomic E-state index is 14.7. The summed E-state index contributed by atoms with van der Waals surface area (Å²) in [5.74, 6) is -2.15. The number of anilines is 1. The van der Waals surface area contributed by atoms with E-state index in [1.165, 1.54) is 60.4 Å². The number of carbonyl (C=O) groups is 1. The van der Waals surface area contributed by atoms with Crippen molar-refractivity contribution in [3.8, 4) is 16.9 Å². The number of nitrogens with zero attached hydrogens (tertiary/aromatic N) is 5. The lowest BCUT2D eigenvalue weighted by Crippen LogP contribution is -2.18. The van der Waals surface area contributed by atoms with Gasteiger partial charge in [0.25, 0.3) is 5.91 Å². The highest BCUT2D eigenvalue weighted by Gasteiger charge is 2.20. The summed E-state index contributed by atoms with van der Waals surface area (Å²) in [5.41, 5.74) is 1.19. The second-order valence-corrected chi connectivity index (χ2v) is 9.44. The summed E-state index contributed by atoms with van der Waals surface area (Å²) in [6, 6.07) is 11.9. The van der Waals surface area contributed by atoms with Gasteiger partial charge in [-0.1, -0.05) is 12.1 Å². The smallest absolute Gasteiger partial charge is 0.262 e. The summed E-state index contributed by atoms with van der Waals surface area (Å²) in [6.45, 7) is 0. The number of nitrogens with one attached hydrogen (secondary N) is 2. The first-order chi connectivity index (χ1) is 17.3. The van der Waals surface area contributed by atoms with Gasteiger partial charge >= 0.3 is 0 Å². The van der Waals surface area contributed by atoms with Crippen molar-refractivity contribution in [3.63, 3.8) is 0 Å².